The topological polar surface area (TPSA) is 204 Å². The van der Waals surface area contributed by atoms with Crippen LogP contribution in [0.2, 0.25) is 0 Å². The highest BCUT2D eigenvalue weighted by molar-refractivity contribution is 6.20. The average Bonchev–Trinajstić information content (AvgIpc) is 2.64. The van der Waals surface area contributed by atoms with Crippen LogP contribution in [0.4, 0.5) is 5.69 Å². The molecule has 9 N–H and O–H groups in total. The van der Waals surface area contributed by atoms with Crippen molar-refractivity contribution in [3.05, 3.63) is 34.6 Å². The van der Waals surface area contributed by atoms with Crippen molar-refractivity contribution in [3.8, 4) is 5.75 Å². The van der Waals surface area contributed by atoms with Crippen LogP contribution in [0.5, 0.6) is 5.75 Å². The summed E-state index contributed by atoms with van der Waals surface area (Å²) in [5.41, 5.74) is 5.78. The normalized spacial score (nSPS) is 38.0. The molecule has 0 spiro atoms. The number of fused-ring (bicyclic) bond motifs is 3. The number of phenolic OH excluding ortho intramolecular Hbond substituents is 1. The van der Waals surface area contributed by atoms with Gasteiger partial charge in [0, 0.05) is 29.5 Å². The molecule has 5 unspecified atom stereocenters. The fourth-order valence-corrected chi connectivity index (χ4v) is 5.51. The molecule has 0 aliphatic heterocycles. The van der Waals surface area contributed by atoms with Gasteiger partial charge in [0.25, 0.3) is 5.91 Å². The Morgan fingerprint density at radius 3 is 2.43 bits per heavy atom. The van der Waals surface area contributed by atoms with Gasteiger partial charge in [0.15, 0.2) is 17.2 Å². The lowest BCUT2D eigenvalue weighted by Gasteiger charge is -2.56. The highest BCUT2D eigenvalue weighted by Gasteiger charge is 2.66. The van der Waals surface area contributed by atoms with Crippen molar-refractivity contribution in [1.82, 2.24) is 0 Å². The molecule has 160 valence electrons. The van der Waals surface area contributed by atoms with Crippen LogP contribution in [-0.2, 0) is 15.2 Å². The minimum Gasteiger partial charge on any atom is -0.508 e. The van der Waals surface area contributed by atoms with E-state index in [4.69, 9.17) is 11.5 Å². The number of primary amides is 1. The van der Waals surface area contributed by atoms with E-state index in [2.05, 4.69) is 0 Å². The number of carbonyl (C=O) groups excluding carboxylic acids is 3. The lowest BCUT2D eigenvalue weighted by atomic mass is 9.51. The van der Waals surface area contributed by atoms with Crippen LogP contribution in [0.3, 0.4) is 0 Å². The number of carbonyl (C=O) groups is 3. The molecule has 0 bridgehead atoms. The molecule has 1 amide bonds. The van der Waals surface area contributed by atoms with Gasteiger partial charge >= 0.3 is 0 Å². The summed E-state index contributed by atoms with van der Waals surface area (Å²) >= 11 is 0. The van der Waals surface area contributed by atoms with Crippen molar-refractivity contribution in [2.45, 2.75) is 37.1 Å². The highest BCUT2D eigenvalue weighted by atomic mass is 16.4. The first kappa shape index (κ1) is 20.3. The van der Waals surface area contributed by atoms with E-state index in [-0.39, 0.29) is 23.2 Å². The molecule has 1 saturated carbocycles. The van der Waals surface area contributed by atoms with Gasteiger partial charge in [0.2, 0.25) is 0 Å². The molecule has 4 rings (SSSR count). The minimum atomic E-state index is -2.50. The maximum Gasteiger partial charge on any atom is 0.255 e. The standard InChI is InChI=1S/C20H22N2O8/c1-19(29)7-4-6-5-10(24)13(18(22)28)17(27)20(6,30)16(26)11(7)15(25)12-9(23)3-2-8(21)14(12)19/h2-3,6-7,11,16,23,26-27,29-30H,4-5,21H2,1H3,(H2,22,28)/t6?,7?,11?,16?,19-,20?/m0/s1. The number of rotatable bonds is 1. The number of Topliss-reactive ketones (excluding diaryl/α,β-unsaturated/α-hetero) is 2. The molecule has 3 aliphatic carbocycles. The van der Waals surface area contributed by atoms with Crippen molar-refractivity contribution >= 4 is 23.2 Å². The minimum absolute atomic E-state index is 0.00566. The zero-order chi connectivity index (χ0) is 22.3. The molecule has 30 heavy (non-hydrogen) atoms. The van der Waals surface area contributed by atoms with Gasteiger partial charge in [-0.3, -0.25) is 14.4 Å². The van der Waals surface area contributed by atoms with E-state index in [1.165, 1.54) is 19.1 Å². The monoisotopic (exact) mass is 418 g/mol. The Kier molecular flexibility index (Phi) is 4.09. The number of hydrogen-bond acceptors (Lipinski definition) is 9. The average molecular weight is 418 g/mol. The Bertz CT molecular complexity index is 1050. The van der Waals surface area contributed by atoms with Crippen LogP contribution >= 0.6 is 0 Å². The smallest absolute Gasteiger partial charge is 0.255 e. The van der Waals surface area contributed by atoms with Gasteiger partial charge in [-0.1, -0.05) is 0 Å². The van der Waals surface area contributed by atoms with Crippen LogP contribution in [0.25, 0.3) is 0 Å². The summed E-state index contributed by atoms with van der Waals surface area (Å²) in [6.45, 7) is 1.37. The second-order valence-corrected chi connectivity index (χ2v) is 8.49. The summed E-state index contributed by atoms with van der Waals surface area (Å²) in [5.74, 6) is -7.93. The van der Waals surface area contributed by atoms with Crippen molar-refractivity contribution in [2.75, 3.05) is 5.73 Å². The van der Waals surface area contributed by atoms with Crippen molar-refractivity contribution < 1.29 is 39.9 Å². The van der Waals surface area contributed by atoms with Gasteiger partial charge in [-0.2, -0.15) is 0 Å². The summed E-state index contributed by atoms with van der Waals surface area (Å²) < 4.78 is 0. The Morgan fingerprint density at radius 1 is 1.20 bits per heavy atom. The first-order valence-electron chi connectivity index (χ1n) is 9.40. The zero-order valence-electron chi connectivity index (χ0n) is 16.0. The molecule has 0 heterocycles. The van der Waals surface area contributed by atoms with E-state index < -0.39 is 76.0 Å². The summed E-state index contributed by atoms with van der Waals surface area (Å²) in [4.78, 5) is 37.2. The molecule has 10 heteroatoms. The van der Waals surface area contributed by atoms with E-state index in [1.54, 1.807) is 0 Å². The quantitative estimate of drug-likeness (QED) is 0.169. The lowest BCUT2D eigenvalue weighted by molar-refractivity contribution is -0.195. The van der Waals surface area contributed by atoms with E-state index in [1.807, 2.05) is 0 Å². The van der Waals surface area contributed by atoms with E-state index in [0.29, 0.717) is 0 Å². The Balaban J connectivity index is 1.95. The number of aromatic hydroxyl groups is 1. The van der Waals surface area contributed by atoms with Crippen molar-refractivity contribution in [2.24, 2.45) is 23.5 Å². The summed E-state index contributed by atoms with van der Waals surface area (Å²) in [6, 6.07) is 2.51. The number of anilines is 1. The van der Waals surface area contributed by atoms with Crippen LogP contribution in [0, 0.1) is 17.8 Å². The number of aliphatic hydroxyl groups excluding tert-OH is 2. The largest absolute Gasteiger partial charge is 0.508 e. The molecule has 3 aliphatic rings. The summed E-state index contributed by atoms with van der Waals surface area (Å²) in [6.07, 6.45) is -2.56. The van der Waals surface area contributed by atoms with Crippen LogP contribution in [-0.4, -0.2) is 54.7 Å². The second kappa shape index (κ2) is 6.03. The molecule has 1 aromatic carbocycles. The fourth-order valence-electron chi connectivity index (χ4n) is 5.51. The van der Waals surface area contributed by atoms with Crippen LogP contribution < -0.4 is 11.5 Å². The third-order valence-corrected chi connectivity index (χ3v) is 6.95. The summed E-state index contributed by atoms with van der Waals surface area (Å²) in [5, 5.41) is 54.4. The molecular formula is C20H22N2O8. The van der Waals surface area contributed by atoms with Crippen LogP contribution in [0.1, 0.15) is 35.7 Å². The zero-order valence-corrected chi connectivity index (χ0v) is 16.0. The van der Waals surface area contributed by atoms with Gasteiger partial charge < -0.3 is 37.0 Å². The molecular weight excluding hydrogens is 396 g/mol. The molecule has 0 aromatic heterocycles. The number of amides is 1. The lowest BCUT2D eigenvalue weighted by Crippen LogP contribution is -2.67. The Morgan fingerprint density at radius 2 is 1.83 bits per heavy atom. The summed E-state index contributed by atoms with van der Waals surface area (Å²) in [7, 11) is 0. The number of nitrogens with two attached hydrogens (primary N) is 2. The molecule has 6 atom stereocenters. The van der Waals surface area contributed by atoms with Crippen molar-refractivity contribution in [3.63, 3.8) is 0 Å². The maximum atomic E-state index is 13.3. The number of ketones is 2. The highest BCUT2D eigenvalue weighted by Crippen LogP contribution is 2.58. The third kappa shape index (κ3) is 2.26. The van der Waals surface area contributed by atoms with E-state index >= 15 is 0 Å². The molecule has 1 aromatic rings. The molecule has 0 saturated heterocycles. The predicted molar refractivity (Wildman–Crippen MR) is 101 cm³/mol. The number of aliphatic hydroxyl groups is 4. The number of hydrogen-bond donors (Lipinski definition) is 7. The van der Waals surface area contributed by atoms with Gasteiger partial charge in [-0.25, -0.2) is 0 Å². The second-order valence-electron chi connectivity index (χ2n) is 8.49. The Labute approximate surface area is 170 Å². The number of nitrogen functional groups attached to an aromatic ring is 1. The van der Waals surface area contributed by atoms with Gasteiger partial charge in [-0.15, -0.1) is 0 Å². The fraction of sp³-hybridized carbons (Fsp3) is 0.450. The van der Waals surface area contributed by atoms with Gasteiger partial charge in [-0.05, 0) is 25.5 Å². The predicted octanol–water partition coefficient (Wildman–Crippen LogP) is -1.01. The third-order valence-electron chi connectivity index (χ3n) is 6.95. The Hall–Kier alpha value is -2.95. The first-order valence-corrected chi connectivity index (χ1v) is 9.40. The molecule has 10 nitrogen and oxygen atoms in total. The van der Waals surface area contributed by atoms with Gasteiger partial charge in [0.1, 0.15) is 23.2 Å². The van der Waals surface area contributed by atoms with E-state index in [0.717, 1.165) is 0 Å². The first-order chi connectivity index (χ1) is 13.8. The maximum absolute atomic E-state index is 13.3. The van der Waals surface area contributed by atoms with Crippen molar-refractivity contribution in [1.29, 1.82) is 0 Å². The molecule has 0 radical (unpaired) electrons. The number of benzene rings is 1. The van der Waals surface area contributed by atoms with E-state index in [9.17, 15) is 39.9 Å². The molecule has 1 fully saturated rings. The van der Waals surface area contributed by atoms with Gasteiger partial charge in [0.05, 0.1) is 17.1 Å². The number of phenols is 1. The van der Waals surface area contributed by atoms with Crippen LogP contribution in [0.15, 0.2) is 23.5 Å². The SMILES string of the molecule is C[C@@]1(O)c2c(N)ccc(O)c2C(=O)C2C(O)C3(O)C(O)=C(C(N)=O)C(=O)CC3CC21.